The molecule has 3 N–H and O–H groups in total. The molecule has 1 aromatic carbocycles. The highest BCUT2D eigenvalue weighted by molar-refractivity contribution is 6.49. The van der Waals surface area contributed by atoms with Crippen LogP contribution in [0.25, 0.3) is 0 Å². The van der Waals surface area contributed by atoms with Gasteiger partial charge < -0.3 is 5.11 Å². The van der Waals surface area contributed by atoms with Gasteiger partial charge in [0.2, 0.25) is 0 Å². The number of hydrazone groups is 1. The zero-order chi connectivity index (χ0) is 19.9. The van der Waals surface area contributed by atoms with E-state index in [9.17, 15) is 5.11 Å². The Bertz CT molecular complexity index is 780. The zero-order valence-electron chi connectivity index (χ0n) is 16.8. The first-order valence-corrected chi connectivity index (χ1v) is 9.35. The molecule has 0 aliphatic heterocycles. The monoisotopic (exact) mass is 375 g/mol. The molecular weight excluding hydrogens is 346 g/mol. The van der Waals surface area contributed by atoms with Crippen molar-refractivity contribution in [1.82, 2.24) is 0 Å². The third-order valence-electron chi connectivity index (χ3n) is 4.66. The Balaban J connectivity index is 2.46. The number of allylic oxidation sites excluding steroid dienone is 2. The Morgan fingerprint density at radius 3 is 2.31 bits per heavy atom. The molecule has 5 heteroatoms. The molecule has 0 radical (unpaired) electrons. The van der Waals surface area contributed by atoms with Crippen LogP contribution in [0.2, 0.25) is 0 Å². The summed E-state index contributed by atoms with van der Waals surface area (Å²) in [5.74, 6) is 0.352. The van der Waals surface area contributed by atoms with E-state index in [1.807, 2.05) is 13.0 Å². The van der Waals surface area contributed by atoms with Gasteiger partial charge in [0.05, 0.1) is 17.1 Å². The molecule has 1 aliphatic carbocycles. The van der Waals surface area contributed by atoms with Crippen LogP contribution in [0.1, 0.15) is 66.0 Å². The Morgan fingerprint density at radius 1 is 1.15 bits per heavy atom. The standard InChI is InChI=1S/C21H30ClN3O/c1-12-8-17(16(23)11-15(12)22)24-25-18-10-13(20(2,3)4)9-14(19(18)26)21(5,6)7/h9-12,23,25-26H,8H2,1-7H3/b23-16?,24-17-. The van der Waals surface area contributed by atoms with Crippen molar-refractivity contribution in [3.63, 3.8) is 0 Å². The van der Waals surface area contributed by atoms with E-state index in [-0.39, 0.29) is 22.5 Å². The molecule has 142 valence electrons. The number of rotatable bonds is 2. The van der Waals surface area contributed by atoms with Gasteiger partial charge in [0.25, 0.3) is 0 Å². The Kier molecular flexibility index (Phi) is 5.57. The lowest BCUT2D eigenvalue weighted by molar-refractivity contribution is 0.446. The summed E-state index contributed by atoms with van der Waals surface area (Å²) in [5.41, 5.74) is 6.26. The topological polar surface area (TPSA) is 68.5 Å². The van der Waals surface area contributed by atoms with Crippen LogP contribution in [0.5, 0.6) is 5.75 Å². The van der Waals surface area contributed by atoms with Crippen molar-refractivity contribution in [2.75, 3.05) is 5.43 Å². The molecule has 1 atom stereocenters. The van der Waals surface area contributed by atoms with Crippen molar-refractivity contribution in [3.05, 3.63) is 34.4 Å². The zero-order valence-corrected chi connectivity index (χ0v) is 17.5. The molecule has 0 amide bonds. The highest BCUT2D eigenvalue weighted by atomic mass is 35.5. The number of nitrogens with zero attached hydrogens (tertiary/aromatic N) is 1. The second-order valence-corrected chi connectivity index (χ2v) is 9.57. The minimum absolute atomic E-state index is 0.0560. The van der Waals surface area contributed by atoms with Gasteiger partial charge in [-0.1, -0.05) is 66.1 Å². The third-order valence-corrected chi connectivity index (χ3v) is 5.14. The third kappa shape index (κ3) is 4.47. The van der Waals surface area contributed by atoms with Crippen LogP contribution in [0.3, 0.4) is 0 Å². The molecule has 4 nitrogen and oxygen atoms in total. The molecule has 1 aliphatic rings. The van der Waals surface area contributed by atoms with Gasteiger partial charge in [-0.05, 0) is 34.5 Å². The van der Waals surface area contributed by atoms with Crippen LogP contribution in [-0.4, -0.2) is 16.5 Å². The lowest BCUT2D eigenvalue weighted by Gasteiger charge is -2.27. The van der Waals surface area contributed by atoms with Crippen molar-refractivity contribution < 1.29 is 5.11 Å². The van der Waals surface area contributed by atoms with Crippen molar-refractivity contribution in [2.45, 2.75) is 65.7 Å². The number of phenols is 1. The number of hydrogen-bond acceptors (Lipinski definition) is 4. The van der Waals surface area contributed by atoms with Crippen LogP contribution in [0.4, 0.5) is 5.69 Å². The summed E-state index contributed by atoms with van der Waals surface area (Å²) < 4.78 is 0. The number of nitrogens with one attached hydrogen (secondary N) is 2. The van der Waals surface area contributed by atoms with Gasteiger partial charge in [-0.25, -0.2) is 0 Å². The molecule has 0 aromatic heterocycles. The van der Waals surface area contributed by atoms with Crippen LogP contribution >= 0.6 is 11.6 Å². The van der Waals surface area contributed by atoms with E-state index in [1.165, 1.54) is 0 Å². The summed E-state index contributed by atoms with van der Waals surface area (Å²) in [4.78, 5) is 0. The van der Waals surface area contributed by atoms with Crippen LogP contribution < -0.4 is 5.43 Å². The smallest absolute Gasteiger partial charge is 0.144 e. The summed E-state index contributed by atoms with van der Waals surface area (Å²) in [6.07, 6.45) is 2.25. The first-order valence-electron chi connectivity index (χ1n) is 8.97. The van der Waals surface area contributed by atoms with Crippen molar-refractivity contribution >= 4 is 28.7 Å². The molecule has 0 bridgehead atoms. The normalized spacial score (nSPS) is 20.3. The molecule has 1 unspecified atom stereocenters. The van der Waals surface area contributed by atoms with Gasteiger partial charge in [-0.15, -0.1) is 0 Å². The van der Waals surface area contributed by atoms with Crippen LogP contribution in [0, 0.1) is 11.3 Å². The number of phenolic OH excluding ortho intramolecular Hbond substituents is 1. The molecular formula is C21H30ClN3O. The Morgan fingerprint density at radius 2 is 1.77 bits per heavy atom. The fourth-order valence-electron chi connectivity index (χ4n) is 2.82. The predicted octanol–water partition coefficient (Wildman–Crippen LogP) is 5.94. The van der Waals surface area contributed by atoms with Crippen molar-refractivity contribution in [3.8, 4) is 5.75 Å². The molecule has 2 rings (SSSR count). The molecule has 1 aromatic rings. The minimum Gasteiger partial charge on any atom is -0.505 e. The summed E-state index contributed by atoms with van der Waals surface area (Å²) in [5, 5.41) is 23.9. The first kappa shape index (κ1) is 20.5. The number of anilines is 1. The van der Waals surface area contributed by atoms with E-state index in [2.05, 4.69) is 58.1 Å². The summed E-state index contributed by atoms with van der Waals surface area (Å²) in [6, 6.07) is 4.01. The molecule has 0 heterocycles. The van der Waals surface area contributed by atoms with Crippen LogP contribution in [0.15, 0.2) is 28.3 Å². The predicted molar refractivity (Wildman–Crippen MR) is 112 cm³/mol. The molecule has 0 saturated carbocycles. The van der Waals surface area contributed by atoms with E-state index in [0.29, 0.717) is 28.6 Å². The van der Waals surface area contributed by atoms with E-state index in [4.69, 9.17) is 17.0 Å². The number of aromatic hydroxyl groups is 1. The van der Waals surface area contributed by atoms with Gasteiger partial charge in [-0.2, -0.15) is 5.10 Å². The molecule has 0 saturated heterocycles. The van der Waals surface area contributed by atoms with Gasteiger partial charge in [-0.3, -0.25) is 10.8 Å². The van der Waals surface area contributed by atoms with E-state index >= 15 is 0 Å². The average molecular weight is 376 g/mol. The van der Waals surface area contributed by atoms with Gasteiger partial charge >= 0.3 is 0 Å². The largest absolute Gasteiger partial charge is 0.505 e. The molecule has 0 fully saturated rings. The number of halogens is 1. The fourth-order valence-corrected chi connectivity index (χ4v) is 3.01. The van der Waals surface area contributed by atoms with E-state index in [0.717, 1.165) is 11.1 Å². The highest BCUT2D eigenvalue weighted by Crippen LogP contribution is 2.40. The SMILES string of the molecule is CC1C/C(=N/Nc2cc(C(C)(C)C)cc(C(C)(C)C)c2O)C(=N)C=C1Cl. The quantitative estimate of drug-likeness (QED) is 0.442. The van der Waals surface area contributed by atoms with Gasteiger partial charge in [0.15, 0.2) is 0 Å². The van der Waals surface area contributed by atoms with Crippen LogP contribution in [-0.2, 0) is 10.8 Å². The number of hydrogen-bond donors (Lipinski definition) is 3. The second kappa shape index (κ2) is 7.07. The lowest BCUT2D eigenvalue weighted by Crippen LogP contribution is -2.22. The average Bonchev–Trinajstić information content (AvgIpc) is 2.48. The Hall–Kier alpha value is -1.81. The van der Waals surface area contributed by atoms with E-state index < -0.39 is 0 Å². The number of benzene rings is 1. The summed E-state index contributed by atoms with van der Waals surface area (Å²) >= 11 is 6.12. The first-order chi connectivity index (χ1) is 11.8. The fraction of sp³-hybridized carbons (Fsp3) is 0.524. The van der Waals surface area contributed by atoms with Gasteiger partial charge in [0, 0.05) is 17.0 Å². The lowest BCUT2D eigenvalue weighted by atomic mass is 9.80. The highest BCUT2D eigenvalue weighted by Gasteiger charge is 2.25. The Labute approximate surface area is 161 Å². The molecule has 26 heavy (non-hydrogen) atoms. The maximum absolute atomic E-state index is 10.8. The maximum atomic E-state index is 10.8. The van der Waals surface area contributed by atoms with E-state index in [1.54, 1.807) is 6.08 Å². The molecule has 0 spiro atoms. The second-order valence-electron chi connectivity index (χ2n) is 9.14. The summed E-state index contributed by atoms with van der Waals surface area (Å²) in [7, 11) is 0. The summed E-state index contributed by atoms with van der Waals surface area (Å²) in [6.45, 7) is 14.7. The minimum atomic E-state index is -0.197. The van der Waals surface area contributed by atoms with Gasteiger partial charge in [0.1, 0.15) is 5.75 Å². The maximum Gasteiger partial charge on any atom is 0.144 e. The van der Waals surface area contributed by atoms with Crippen molar-refractivity contribution in [1.29, 1.82) is 5.41 Å². The van der Waals surface area contributed by atoms with Crippen molar-refractivity contribution in [2.24, 2.45) is 11.0 Å².